The number of benzene rings is 1. The Morgan fingerprint density at radius 1 is 1.25 bits per heavy atom. The Kier molecular flexibility index (Phi) is 3.97. The highest BCUT2D eigenvalue weighted by Crippen LogP contribution is 2.42. The van der Waals surface area contributed by atoms with Crippen molar-refractivity contribution in [2.45, 2.75) is 57.7 Å². The lowest BCUT2D eigenvalue weighted by molar-refractivity contribution is 0.00578. The SMILES string of the molecule is COC(=O)c1cc(C#N)c(B2OC(C)(C)C(C)(C)O2)cc1C1CC1. The lowest BCUT2D eigenvalue weighted by Gasteiger charge is -2.32. The summed E-state index contributed by atoms with van der Waals surface area (Å²) in [6.07, 6.45) is 2.08. The molecule has 24 heavy (non-hydrogen) atoms. The van der Waals surface area contributed by atoms with Crippen molar-refractivity contribution >= 4 is 18.6 Å². The van der Waals surface area contributed by atoms with Gasteiger partial charge < -0.3 is 14.0 Å². The summed E-state index contributed by atoms with van der Waals surface area (Å²) in [6.45, 7) is 7.90. The zero-order valence-electron chi connectivity index (χ0n) is 14.8. The Morgan fingerprint density at radius 2 is 1.83 bits per heavy atom. The van der Waals surface area contributed by atoms with Crippen LogP contribution >= 0.6 is 0 Å². The Balaban J connectivity index is 2.08. The first-order chi connectivity index (χ1) is 11.2. The maximum Gasteiger partial charge on any atom is 0.496 e. The molecule has 1 aliphatic heterocycles. The summed E-state index contributed by atoms with van der Waals surface area (Å²) in [5, 5.41) is 9.55. The average Bonchev–Trinajstić information content (AvgIpc) is 3.33. The molecule has 0 N–H and O–H groups in total. The molecule has 0 bridgehead atoms. The van der Waals surface area contributed by atoms with Gasteiger partial charge in [0.05, 0.1) is 35.5 Å². The summed E-state index contributed by atoms with van der Waals surface area (Å²) < 4.78 is 17.0. The van der Waals surface area contributed by atoms with Gasteiger partial charge in [-0.25, -0.2) is 4.79 Å². The van der Waals surface area contributed by atoms with E-state index in [1.54, 1.807) is 6.07 Å². The third-order valence-corrected chi connectivity index (χ3v) is 5.27. The number of nitriles is 1. The van der Waals surface area contributed by atoms with Crippen LogP contribution in [-0.4, -0.2) is 31.4 Å². The summed E-state index contributed by atoms with van der Waals surface area (Å²) in [4.78, 5) is 12.1. The average molecular weight is 327 g/mol. The van der Waals surface area contributed by atoms with E-state index in [4.69, 9.17) is 14.0 Å². The van der Waals surface area contributed by atoms with Gasteiger partial charge in [0.25, 0.3) is 0 Å². The van der Waals surface area contributed by atoms with Gasteiger partial charge in [-0.2, -0.15) is 5.26 Å². The maximum absolute atomic E-state index is 12.1. The standard InChI is InChI=1S/C18H22BNO4/c1-17(2)18(3,4)24-19(23-17)15-9-13(11-6-7-11)14(16(21)22-5)8-12(15)10-20/h8-9,11H,6-7H2,1-5H3. The first kappa shape index (κ1) is 17.0. The molecular formula is C18H22BNO4. The number of nitrogens with zero attached hydrogens (tertiary/aromatic N) is 1. The molecule has 0 amide bonds. The quantitative estimate of drug-likeness (QED) is 0.630. The van der Waals surface area contributed by atoms with Gasteiger partial charge in [-0.05, 0) is 58.1 Å². The third-order valence-electron chi connectivity index (χ3n) is 5.27. The van der Waals surface area contributed by atoms with Crippen molar-refractivity contribution in [2.24, 2.45) is 0 Å². The van der Waals surface area contributed by atoms with Crippen molar-refractivity contribution in [3.05, 3.63) is 28.8 Å². The molecule has 1 heterocycles. The van der Waals surface area contributed by atoms with Crippen molar-refractivity contribution in [1.29, 1.82) is 5.26 Å². The van der Waals surface area contributed by atoms with Gasteiger partial charge >= 0.3 is 13.1 Å². The van der Waals surface area contributed by atoms with Crippen LogP contribution < -0.4 is 5.46 Å². The zero-order valence-corrected chi connectivity index (χ0v) is 14.8. The Bertz CT molecular complexity index is 715. The molecule has 5 nitrogen and oxygen atoms in total. The molecule has 2 fully saturated rings. The smallest absolute Gasteiger partial charge is 0.465 e. The third kappa shape index (κ3) is 2.72. The van der Waals surface area contributed by atoms with E-state index < -0.39 is 24.3 Å². The van der Waals surface area contributed by atoms with Gasteiger partial charge in [-0.1, -0.05) is 6.07 Å². The number of carbonyl (C=O) groups excluding carboxylic acids is 1. The molecule has 0 unspecified atom stereocenters. The normalized spacial score (nSPS) is 21.4. The predicted molar refractivity (Wildman–Crippen MR) is 90.2 cm³/mol. The topological polar surface area (TPSA) is 68.6 Å². The van der Waals surface area contributed by atoms with Gasteiger partial charge in [0, 0.05) is 5.46 Å². The second-order valence-electron chi connectivity index (χ2n) is 7.49. The molecule has 0 aromatic heterocycles. The molecule has 3 rings (SSSR count). The van der Waals surface area contributed by atoms with Crippen LogP contribution in [0.1, 0.15) is 67.9 Å². The van der Waals surface area contributed by atoms with E-state index in [2.05, 4.69) is 6.07 Å². The molecule has 2 aliphatic rings. The minimum Gasteiger partial charge on any atom is -0.465 e. The predicted octanol–water partition coefficient (Wildman–Crippen LogP) is 2.52. The molecule has 1 aliphatic carbocycles. The lowest BCUT2D eigenvalue weighted by Crippen LogP contribution is -2.41. The fraction of sp³-hybridized carbons (Fsp3) is 0.556. The van der Waals surface area contributed by atoms with Crippen LogP contribution in [0.4, 0.5) is 0 Å². The maximum atomic E-state index is 12.1. The lowest BCUT2D eigenvalue weighted by atomic mass is 9.74. The van der Waals surface area contributed by atoms with Crippen LogP contribution in [0.15, 0.2) is 12.1 Å². The second-order valence-corrected chi connectivity index (χ2v) is 7.49. The van der Waals surface area contributed by atoms with E-state index in [1.165, 1.54) is 7.11 Å². The fourth-order valence-electron chi connectivity index (χ4n) is 2.91. The Hall–Kier alpha value is -1.84. The van der Waals surface area contributed by atoms with Gasteiger partial charge in [-0.3, -0.25) is 0 Å². The molecule has 1 saturated carbocycles. The van der Waals surface area contributed by atoms with Crippen LogP contribution in [0.2, 0.25) is 0 Å². The van der Waals surface area contributed by atoms with Crippen molar-refractivity contribution in [3.8, 4) is 6.07 Å². The highest BCUT2D eigenvalue weighted by atomic mass is 16.7. The largest absolute Gasteiger partial charge is 0.496 e. The molecule has 0 radical (unpaired) electrons. The van der Waals surface area contributed by atoms with E-state index in [-0.39, 0.29) is 0 Å². The summed E-state index contributed by atoms with van der Waals surface area (Å²) in [6, 6.07) is 5.67. The van der Waals surface area contributed by atoms with E-state index >= 15 is 0 Å². The molecular weight excluding hydrogens is 305 g/mol. The molecule has 0 spiro atoms. The Morgan fingerprint density at radius 3 is 2.29 bits per heavy atom. The van der Waals surface area contributed by atoms with Crippen molar-refractivity contribution < 1.29 is 18.8 Å². The van der Waals surface area contributed by atoms with Crippen molar-refractivity contribution in [1.82, 2.24) is 0 Å². The van der Waals surface area contributed by atoms with E-state index in [0.717, 1.165) is 18.4 Å². The molecule has 1 aromatic rings. The number of hydrogen-bond acceptors (Lipinski definition) is 5. The zero-order chi connectivity index (χ0) is 17.7. The van der Waals surface area contributed by atoms with Crippen molar-refractivity contribution in [3.63, 3.8) is 0 Å². The molecule has 126 valence electrons. The summed E-state index contributed by atoms with van der Waals surface area (Å²) in [5.41, 5.74) is 1.50. The minimum absolute atomic E-state index is 0.341. The number of rotatable bonds is 3. The number of esters is 1. The summed E-state index contributed by atoms with van der Waals surface area (Å²) in [7, 11) is 0.738. The van der Waals surface area contributed by atoms with Crippen LogP contribution in [0, 0.1) is 11.3 Å². The van der Waals surface area contributed by atoms with E-state index in [9.17, 15) is 10.1 Å². The van der Waals surface area contributed by atoms with Crippen molar-refractivity contribution in [2.75, 3.05) is 7.11 Å². The molecule has 0 atom stereocenters. The number of hydrogen-bond donors (Lipinski definition) is 0. The highest BCUT2D eigenvalue weighted by Gasteiger charge is 2.52. The van der Waals surface area contributed by atoms with Gasteiger partial charge in [0.15, 0.2) is 0 Å². The first-order valence-electron chi connectivity index (χ1n) is 8.22. The molecule has 1 saturated heterocycles. The van der Waals surface area contributed by atoms with Crippen LogP contribution in [0.25, 0.3) is 0 Å². The molecule has 6 heteroatoms. The highest BCUT2D eigenvalue weighted by molar-refractivity contribution is 6.63. The van der Waals surface area contributed by atoms with Crippen LogP contribution in [-0.2, 0) is 14.0 Å². The second kappa shape index (κ2) is 5.61. The minimum atomic E-state index is -0.617. The Labute approximate surface area is 143 Å². The fourth-order valence-corrected chi connectivity index (χ4v) is 2.91. The summed E-state index contributed by atoms with van der Waals surface area (Å²) >= 11 is 0. The first-order valence-corrected chi connectivity index (χ1v) is 8.22. The molecule has 1 aromatic carbocycles. The van der Waals surface area contributed by atoms with Gasteiger partial charge in [-0.15, -0.1) is 0 Å². The monoisotopic (exact) mass is 327 g/mol. The number of ether oxygens (including phenoxy) is 1. The van der Waals surface area contributed by atoms with E-state index in [1.807, 2.05) is 33.8 Å². The van der Waals surface area contributed by atoms with Gasteiger partial charge in [0.1, 0.15) is 0 Å². The van der Waals surface area contributed by atoms with Crippen LogP contribution in [0.5, 0.6) is 0 Å². The van der Waals surface area contributed by atoms with E-state index in [0.29, 0.717) is 22.5 Å². The van der Waals surface area contributed by atoms with Crippen LogP contribution in [0.3, 0.4) is 0 Å². The van der Waals surface area contributed by atoms with Gasteiger partial charge in [0.2, 0.25) is 0 Å². The summed E-state index contributed by atoms with van der Waals surface area (Å²) in [5.74, 6) is -0.0677. The number of carbonyl (C=O) groups is 1. The number of methoxy groups -OCH3 is 1.